The smallest absolute Gasteiger partial charge is 0.126 e. The van der Waals surface area contributed by atoms with Crippen LogP contribution in [0.2, 0.25) is 0 Å². The van der Waals surface area contributed by atoms with Gasteiger partial charge in [-0.15, -0.1) is 11.3 Å². The Bertz CT molecular complexity index is 547. The van der Waals surface area contributed by atoms with Gasteiger partial charge in [-0.25, -0.2) is 4.39 Å². The lowest BCUT2D eigenvalue weighted by Crippen LogP contribution is -2.29. The third-order valence-corrected chi connectivity index (χ3v) is 4.92. The first kappa shape index (κ1) is 14.4. The Hall–Kier alpha value is -0.0200. The van der Waals surface area contributed by atoms with Gasteiger partial charge in [0.15, 0.2) is 0 Å². The van der Waals surface area contributed by atoms with E-state index in [2.05, 4.69) is 50.0 Å². The van der Waals surface area contributed by atoms with Gasteiger partial charge in [0, 0.05) is 4.47 Å². The van der Waals surface area contributed by atoms with Crippen LogP contribution in [0.25, 0.3) is 0 Å². The standard InChI is InChI=1S/C12H11BrFIN2S/c13-9-1-2-10(14)7(3-9)4-11(17-16)8-5-12(15)18-6-8/h1-3,5-6,11,17H,4,16H2. The van der Waals surface area contributed by atoms with Crippen LogP contribution in [0.4, 0.5) is 4.39 Å². The zero-order valence-corrected chi connectivity index (χ0v) is 13.9. The molecule has 18 heavy (non-hydrogen) atoms. The predicted octanol–water partition coefficient (Wildman–Crippen LogP) is 4.00. The highest BCUT2D eigenvalue weighted by atomic mass is 127. The quantitative estimate of drug-likeness (QED) is 0.428. The van der Waals surface area contributed by atoms with E-state index in [1.165, 1.54) is 8.95 Å². The Kier molecular flexibility index (Phi) is 5.14. The molecule has 1 unspecified atom stereocenters. The zero-order valence-electron chi connectivity index (χ0n) is 9.29. The molecule has 96 valence electrons. The zero-order chi connectivity index (χ0) is 13.1. The van der Waals surface area contributed by atoms with E-state index in [-0.39, 0.29) is 11.9 Å². The molecular formula is C12H11BrFIN2S. The van der Waals surface area contributed by atoms with Gasteiger partial charge in [-0.2, -0.15) is 0 Å². The van der Waals surface area contributed by atoms with Crippen molar-refractivity contribution in [2.75, 3.05) is 0 Å². The molecule has 0 saturated heterocycles. The number of nitrogens with one attached hydrogen (secondary N) is 1. The predicted molar refractivity (Wildman–Crippen MR) is 84.9 cm³/mol. The summed E-state index contributed by atoms with van der Waals surface area (Å²) in [4.78, 5) is 0. The van der Waals surface area contributed by atoms with Crippen molar-refractivity contribution in [2.45, 2.75) is 12.5 Å². The summed E-state index contributed by atoms with van der Waals surface area (Å²) in [5, 5.41) is 2.04. The van der Waals surface area contributed by atoms with Gasteiger partial charge in [0.1, 0.15) is 5.82 Å². The third kappa shape index (κ3) is 3.51. The second kappa shape index (κ2) is 6.42. The van der Waals surface area contributed by atoms with E-state index in [0.717, 1.165) is 10.0 Å². The normalized spacial score (nSPS) is 12.7. The van der Waals surface area contributed by atoms with Gasteiger partial charge in [-0.1, -0.05) is 15.9 Å². The molecule has 0 spiro atoms. The maximum Gasteiger partial charge on any atom is 0.126 e. The van der Waals surface area contributed by atoms with Crippen molar-refractivity contribution in [3.8, 4) is 0 Å². The number of hydrazine groups is 1. The number of rotatable bonds is 4. The molecule has 0 aliphatic rings. The van der Waals surface area contributed by atoms with Crippen molar-refractivity contribution < 1.29 is 4.39 Å². The average Bonchev–Trinajstić information content (AvgIpc) is 2.77. The topological polar surface area (TPSA) is 38.0 Å². The minimum absolute atomic E-state index is 0.0754. The minimum Gasteiger partial charge on any atom is -0.271 e. The summed E-state index contributed by atoms with van der Waals surface area (Å²) in [6, 6.07) is 6.93. The average molecular weight is 441 g/mol. The Morgan fingerprint density at radius 1 is 1.44 bits per heavy atom. The first-order valence-electron chi connectivity index (χ1n) is 5.24. The Morgan fingerprint density at radius 2 is 2.22 bits per heavy atom. The molecule has 1 aromatic heterocycles. The molecule has 2 rings (SSSR count). The van der Waals surface area contributed by atoms with Crippen LogP contribution in [0.3, 0.4) is 0 Å². The number of nitrogens with two attached hydrogens (primary N) is 1. The number of benzene rings is 1. The molecule has 1 heterocycles. The Balaban J connectivity index is 2.22. The monoisotopic (exact) mass is 440 g/mol. The molecule has 1 atom stereocenters. The van der Waals surface area contributed by atoms with E-state index >= 15 is 0 Å². The van der Waals surface area contributed by atoms with Gasteiger partial charge in [-0.05, 0) is 69.8 Å². The second-order valence-corrected chi connectivity index (χ2v) is 7.56. The van der Waals surface area contributed by atoms with E-state index in [4.69, 9.17) is 5.84 Å². The van der Waals surface area contributed by atoms with Crippen molar-refractivity contribution in [1.29, 1.82) is 0 Å². The van der Waals surface area contributed by atoms with Gasteiger partial charge < -0.3 is 0 Å². The fraction of sp³-hybridized carbons (Fsp3) is 0.167. The van der Waals surface area contributed by atoms with Gasteiger partial charge in [0.2, 0.25) is 0 Å². The van der Waals surface area contributed by atoms with E-state index in [1.54, 1.807) is 23.5 Å². The molecule has 2 aromatic rings. The van der Waals surface area contributed by atoms with Crippen molar-refractivity contribution in [1.82, 2.24) is 5.43 Å². The Morgan fingerprint density at radius 3 is 2.83 bits per heavy atom. The lowest BCUT2D eigenvalue weighted by atomic mass is 10.0. The molecule has 0 aliphatic carbocycles. The molecule has 6 heteroatoms. The van der Waals surface area contributed by atoms with Crippen LogP contribution in [-0.2, 0) is 6.42 Å². The van der Waals surface area contributed by atoms with Gasteiger partial charge in [0.05, 0.1) is 8.93 Å². The number of hydrogen-bond acceptors (Lipinski definition) is 3. The van der Waals surface area contributed by atoms with Crippen LogP contribution in [0, 0.1) is 8.70 Å². The summed E-state index contributed by atoms with van der Waals surface area (Å²) >= 11 is 7.27. The number of halogens is 3. The molecular weight excluding hydrogens is 430 g/mol. The fourth-order valence-electron chi connectivity index (χ4n) is 1.70. The van der Waals surface area contributed by atoms with Crippen LogP contribution in [0.5, 0.6) is 0 Å². The molecule has 2 nitrogen and oxygen atoms in total. The molecule has 0 amide bonds. The van der Waals surface area contributed by atoms with Crippen LogP contribution in [-0.4, -0.2) is 0 Å². The summed E-state index contributed by atoms with van der Waals surface area (Å²) < 4.78 is 15.8. The molecule has 3 N–H and O–H groups in total. The lowest BCUT2D eigenvalue weighted by molar-refractivity contribution is 0.530. The lowest BCUT2D eigenvalue weighted by Gasteiger charge is -2.15. The van der Waals surface area contributed by atoms with Crippen LogP contribution in [0.15, 0.2) is 34.1 Å². The van der Waals surface area contributed by atoms with Crippen molar-refractivity contribution >= 4 is 49.9 Å². The number of hydrogen-bond donors (Lipinski definition) is 2. The first-order chi connectivity index (χ1) is 8.60. The summed E-state index contributed by atoms with van der Waals surface area (Å²) in [5.74, 6) is 5.36. The summed E-state index contributed by atoms with van der Waals surface area (Å²) in [7, 11) is 0. The van der Waals surface area contributed by atoms with Gasteiger partial charge >= 0.3 is 0 Å². The summed E-state index contributed by atoms with van der Waals surface area (Å²) in [6.45, 7) is 0. The van der Waals surface area contributed by atoms with E-state index in [9.17, 15) is 4.39 Å². The van der Waals surface area contributed by atoms with E-state index in [1.807, 2.05) is 5.38 Å². The highest BCUT2D eigenvalue weighted by Crippen LogP contribution is 2.26. The molecule has 0 aliphatic heterocycles. The molecule has 0 saturated carbocycles. The van der Waals surface area contributed by atoms with Crippen LogP contribution in [0.1, 0.15) is 17.2 Å². The van der Waals surface area contributed by atoms with Crippen LogP contribution >= 0.6 is 49.9 Å². The SMILES string of the molecule is NNC(Cc1cc(Br)ccc1F)c1csc(I)c1. The van der Waals surface area contributed by atoms with E-state index in [0.29, 0.717) is 12.0 Å². The minimum atomic E-state index is -0.205. The molecule has 0 bridgehead atoms. The highest BCUT2D eigenvalue weighted by molar-refractivity contribution is 14.1. The van der Waals surface area contributed by atoms with Crippen molar-refractivity contribution in [3.05, 3.63) is 53.9 Å². The molecule has 0 radical (unpaired) electrons. The maximum atomic E-state index is 13.7. The molecule has 1 aromatic carbocycles. The summed E-state index contributed by atoms with van der Waals surface area (Å²) in [6.07, 6.45) is 0.522. The Labute approximate surface area is 131 Å². The van der Waals surface area contributed by atoms with Crippen molar-refractivity contribution in [3.63, 3.8) is 0 Å². The van der Waals surface area contributed by atoms with Gasteiger partial charge in [0.25, 0.3) is 0 Å². The highest BCUT2D eigenvalue weighted by Gasteiger charge is 2.14. The number of thiophene rings is 1. The largest absolute Gasteiger partial charge is 0.271 e. The van der Waals surface area contributed by atoms with Gasteiger partial charge in [-0.3, -0.25) is 11.3 Å². The fourth-order valence-corrected chi connectivity index (χ4v) is 3.53. The van der Waals surface area contributed by atoms with E-state index < -0.39 is 0 Å². The van der Waals surface area contributed by atoms with Crippen molar-refractivity contribution in [2.24, 2.45) is 5.84 Å². The third-order valence-electron chi connectivity index (χ3n) is 2.62. The van der Waals surface area contributed by atoms with Crippen LogP contribution < -0.4 is 11.3 Å². The first-order valence-corrected chi connectivity index (χ1v) is 7.99. The summed E-state index contributed by atoms with van der Waals surface area (Å²) in [5.41, 5.74) is 4.48. The maximum absolute atomic E-state index is 13.7. The molecule has 0 fully saturated rings. The second-order valence-electron chi connectivity index (χ2n) is 3.84.